The van der Waals surface area contributed by atoms with E-state index >= 15 is 0 Å². The van der Waals surface area contributed by atoms with Crippen molar-refractivity contribution < 1.29 is 23.5 Å². The molecule has 0 saturated carbocycles. The number of halogens is 1. The Morgan fingerprint density at radius 3 is 2.35 bits per heavy atom. The largest absolute Gasteiger partial charge is 0.484 e. The van der Waals surface area contributed by atoms with Gasteiger partial charge in [0.2, 0.25) is 0 Å². The van der Waals surface area contributed by atoms with Gasteiger partial charge in [0.25, 0.3) is 5.91 Å². The number of hydrogen-bond acceptors (Lipinski definition) is 4. The number of nitrogens with one attached hydrogen (secondary N) is 1. The Balaban J connectivity index is 2.49. The van der Waals surface area contributed by atoms with Crippen LogP contribution in [0.1, 0.15) is 13.8 Å². The summed E-state index contributed by atoms with van der Waals surface area (Å²) in [6, 6.07) is 4.59. The number of esters is 1. The minimum Gasteiger partial charge on any atom is -0.484 e. The van der Waals surface area contributed by atoms with Crippen molar-refractivity contribution in [3.05, 3.63) is 30.1 Å². The first-order valence-corrected chi connectivity index (χ1v) is 6.19. The molecule has 0 aromatic heterocycles. The van der Waals surface area contributed by atoms with Gasteiger partial charge < -0.3 is 14.8 Å². The van der Waals surface area contributed by atoms with E-state index < -0.39 is 17.9 Å². The molecule has 0 radical (unpaired) electrons. The summed E-state index contributed by atoms with van der Waals surface area (Å²) in [4.78, 5) is 23.2. The zero-order chi connectivity index (χ0) is 15.1. The lowest BCUT2D eigenvalue weighted by Gasteiger charge is -2.19. The highest BCUT2D eigenvalue weighted by Gasteiger charge is 2.24. The second kappa shape index (κ2) is 7.47. The van der Waals surface area contributed by atoms with Gasteiger partial charge in [0.1, 0.15) is 17.6 Å². The molecular weight excluding hydrogens is 265 g/mol. The van der Waals surface area contributed by atoms with E-state index in [0.717, 1.165) is 0 Å². The number of amides is 1. The number of carbonyl (C=O) groups is 2. The molecule has 1 unspecified atom stereocenters. The topological polar surface area (TPSA) is 64.6 Å². The molecule has 0 spiro atoms. The number of carbonyl (C=O) groups excluding carboxylic acids is 2. The summed E-state index contributed by atoms with van der Waals surface area (Å²) in [6.45, 7) is 3.33. The maximum atomic E-state index is 12.7. The van der Waals surface area contributed by atoms with Crippen LogP contribution in [0.3, 0.4) is 0 Å². The van der Waals surface area contributed by atoms with E-state index in [0.29, 0.717) is 5.75 Å². The van der Waals surface area contributed by atoms with E-state index in [2.05, 4.69) is 10.1 Å². The van der Waals surface area contributed by atoms with Crippen LogP contribution in [-0.4, -0.2) is 31.6 Å². The van der Waals surface area contributed by atoms with Gasteiger partial charge in [0, 0.05) is 0 Å². The fraction of sp³-hybridized carbons (Fsp3) is 0.429. The van der Waals surface area contributed by atoms with Gasteiger partial charge in [-0.3, -0.25) is 4.79 Å². The van der Waals surface area contributed by atoms with E-state index in [9.17, 15) is 14.0 Å². The second-order valence-corrected chi connectivity index (χ2v) is 4.55. The smallest absolute Gasteiger partial charge is 0.328 e. The van der Waals surface area contributed by atoms with Gasteiger partial charge in [-0.05, 0) is 30.2 Å². The maximum absolute atomic E-state index is 12.7. The summed E-state index contributed by atoms with van der Waals surface area (Å²) in [5.41, 5.74) is 0. The van der Waals surface area contributed by atoms with E-state index in [1.54, 1.807) is 13.8 Å². The van der Waals surface area contributed by atoms with Crippen LogP contribution < -0.4 is 10.1 Å². The molecule has 0 bridgehead atoms. The van der Waals surface area contributed by atoms with Crippen molar-refractivity contribution in [1.29, 1.82) is 0 Å². The van der Waals surface area contributed by atoms with Crippen LogP contribution in [0, 0.1) is 11.7 Å². The van der Waals surface area contributed by atoms with E-state index in [1.807, 2.05) is 0 Å². The van der Waals surface area contributed by atoms with Gasteiger partial charge in [-0.15, -0.1) is 0 Å². The third-order valence-electron chi connectivity index (χ3n) is 2.62. The maximum Gasteiger partial charge on any atom is 0.328 e. The summed E-state index contributed by atoms with van der Waals surface area (Å²) in [5, 5.41) is 2.54. The molecule has 6 heteroatoms. The van der Waals surface area contributed by atoms with E-state index in [-0.39, 0.29) is 18.3 Å². The normalized spacial score (nSPS) is 11.8. The molecule has 1 aromatic carbocycles. The van der Waals surface area contributed by atoms with E-state index in [1.165, 1.54) is 31.4 Å². The standard InChI is InChI=1S/C14H18FNO4/c1-9(2)13(14(18)19-3)16-12(17)8-20-11-6-4-10(15)5-7-11/h4-7,9,13H,8H2,1-3H3,(H,16,17). The van der Waals surface area contributed by atoms with E-state index in [4.69, 9.17) is 4.74 Å². The summed E-state index contributed by atoms with van der Waals surface area (Å²) in [6.07, 6.45) is 0. The highest BCUT2D eigenvalue weighted by atomic mass is 19.1. The first-order valence-electron chi connectivity index (χ1n) is 6.19. The zero-order valence-corrected chi connectivity index (χ0v) is 11.7. The van der Waals surface area contributed by atoms with Crippen molar-refractivity contribution >= 4 is 11.9 Å². The van der Waals surface area contributed by atoms with Crippen LogP contribution in [-0.2, 0) is 14.3 Å². The highest BCUT2D eigenvalue weighted by molar-refractivity contribution is 5.85. The Hall–Kier alpha value is -2.11. The molecule has 0 heterocycles. The molecule has 110 valence electrons. The minimum absolute atomic E-state index is 0.0998. The predicted octanol–water partition coefficient (Wildman–Crippen LogP) is 1.52. The Morgan fingerprint density at radius 1 is 1.25 bits per heavy atom. The molecule has 1 atom stereocenters. The lowest BCUT2D eigenvalue weighted by Crippen LogP contribution is -2.46. The molecule has 1 N–H and O–H groups in total. The van der Waals surface area contributed by atoms with Crippen LogP contribution >= 0.6 is 0 Å². The number of methoxy groups -OCH3 is 1. The Kier molecular flexibility index (Phi) is 5.96. The summed E-state index contributed by atoms with van der Waals surface area (Å²) >= 11 is 0. The molecule has 0 fully saturated rings. The van der Waals surface area contributed by atoms with Crippen LogP contribution in [0.2, 0.25) is 0 Å². The molecule has 1 amide bonds. The van der Waals surface area contributed by atoms with Gasteiger partial charge in [0.05, 0.1) is 7.11 Å². The Morgan fingerprint density at radius 2 is 1.85 bits per heavy atom. The van der Waals surface area contributed by atoms with Crippen LogP contribution in [0.25, 0.3) is 0 Å². The van der Waals surface area contributed by atoms with Crippen molar-refractivity contribution in [2.75, 3.05) is 13.7 Å². The quantitative estimate of drug-likeness (QED) is 0.804. The lowest BCUT2D eigenvalue weighted by atomic mass is 10.0. The third kappa shape index (κ3) is 4.87. The molecule has 0 aliphatic carbocycles. The average molecular weight is 283 g/mol. The first kappa shape index (κ1) is 15.9. The molecule has 0 saturated heterocycles. The third-order valence-corrected chi connectivity index (χ3v) is 2.62. The van der Waals surface area contributed by atoms with Crippen LogP contribution in [0.4, 0.5) is 4.39 Å². The van der Waals surface area contributed by atoms with Crippen molar-refractivity contribution in [2.24, 2.45) is 5.92 Å². The second-order valence-electron chi connectivity index (χ2n) is 4.55. The van der Waals surface area contributed by atoms with Crippen molar-refractivity contribution in [3.8, 4) is 5.75 Å². The molecule has 0 aliphatic heterocycles. The molecule has 20 heavy (non-hydrogen) atoms. The molecule has 0 aliphatic rings. The molecule has 5 nitrogen and oxygen atoms in total. The fourth-order valence-corrected chi connectivity index (χ4v) is 1.52. The molecule has 1 aromatic rings. The first-order chi connectivity index (χ1) is 9.43. The average Bonchev–Trinajstić information content (AvgIpc) is 2.43. The Bertz CT molecular complexity index is 459. The van der Waals surface area contributed by atoms with Crippen LogP contribution in [0.5, 0.6) is 5.75 Å². The summed E-state index contributed by atoms with van der Waals surface area (Å²) < 4.78 is 22.5. The zero-order valence-electron chi connectivity index (χ0n) is 11.7. The van der Waals surface area contributed by atoms with Gasteiger partial charge >= 0.3 is 5.97 Å². The van der Waals surface area contributed by atoms with Crippen molar-refractivity contribution in [2.45, 2.75) is 19.9 Å². The Labute approximate surface area is 117 Å². The highest BCUT2D eigenvalue weighted by Crippen LogP contribution is 2.11. The van der Waals surface area contributed by atoms with Crippen molar-refractivity contribution in [1.82, 2.24) is 5.32 Å². The van der Waals surface area contributed by atoms with Gasteiger partial charge in [0.15, 0.2) is 6.61 Å². The van der Waals surface area contributed by atoms with Gasteiger partial charge in [-0.25, -0.2) is 9.18 Å². The number of benzene rings is 1. The SMILES string of the molecule is COC(=O)C(NC(=O)COc1ccc(F)cc1)C(C)C. The fourth-order valence-electron chi connectivity index (χ4n) is 1.52. The molecule has 1 rings (SSSR count). The number of hydrogen-bond donors (Lipinski definition) is 1. The molecular formula is C14H18FNO4. The summed E-state index contributed by atoms with van der Waals surface area (Å²) in [7, 11) is 1.26. The summed E-state index contributed by atoms with van der Waals surface area (Å²) in [5.74, 6) is -1.06. The monoisotopic (exact) mass is 283 g/mol. The number of rotatable bonds is 6. The van der Waals surface area contributed by atoms with Crippen molar-refractivity contribution in [3.63, 3.8) is 0 Å². The lowest BCUT2D eigenvalue weighted by molar-refractivity contribution is -0.146. The van der Waals surface area contributed by atoms with Crippen LogP contribution in [0.15, 0.2) is 24.3 Å². The van der Waals surface area contributed by atoms with Gasteiger partial charge in [-0.2, -0.15) is 0 Å². The predicted molar refractivity (Wildman–Crippen MR) is 70.7 cm³/mol. The number of ether oxygens (including phenoxy) is 2. The minimum atomic E-state index is -0.718. The van der Waals surface area contributed by atoms with Gasteiger partial charge in [-0.1, -0.05) is 13.8 Å².